The molecule has 184 valence electrons. The first-order chi connectivity index (χ1) is 16.7. The first-order valence-electron chi connectivity index (χ1n) is 11.1. The Kier molecular flexibility index (Phi) is 9.44. The van der Waals surface area contributed by atoms with Crippen LogP contribution in [0.2, 0.25) is 15.1 Å². The summed E-state index contributed by atoms with van der Waals surface area (Å²) in [7, 11) is 1.54. The topological polar surface area (TPSA) is 58.6 Å². The SMILES string of the molecule is CNC(=O)C(Cc1ccccc1)N(Cc1c(Cl)cccc1Cl)C(=O)COc1cc(C)c(Cl)c(C)c1. The summed E-state index contributed by atoms with van der Waals surface area (Å²) in [6.07, 6.45) is 0.313. The predicted molar refractivity (Wildman–Crippen MR) is 141 cm³/mol. The van der Waals surface area contributed by atoms with Crippen LogP contribution in [0.15, 0.2) is 60.7 Å². The van der Waals surface area contributed by atoms with Gasteiger partial charge in [0.2, 0.25) is 5.91 Å². The molecule has 1 unspecified atom stereocenters. The van der Waals surface area contributed by atoms with Crippen LogP contribution in [0.5, 0.6) is 5.75 Å². The number of carbonyl (C=O) groups excluding carboxylic acids is 2. The maximum atomic E-state index is 13.5. The van der Waals surface area contributed by atoms with Gasteiger partial charge in [-0.15, -0.1) is 0 Å². The number of rotatable bonds is 9. The maximum absolute atomic E-state index is 13.5. The van der Waals surface area contributed by atoms with Gasteiger partial charge in [0.25, 0.3) is 5.91 Å². The van der Waals surface area contributed by atoms with Crippen molar-refractivity contribution in [3.8, 4) is 5.75 Å². The Bertz CT molecular complexity index is 1160. The lowest BCUT2D eigenvalue weighted by Gasteiger charge is -2.31. The summed E-state index contributed by atoms with van der Waals surface area (Å²) >= 11 is 19.1. The summed E-state index contributed by atoms with van der Waals surface area (Å²) in [6, 6.07) is 17.4. The molecular formula is C27H27Cl3N2O3. The van der Waals surface area contributed by atoms with Crippen molar-refractivity contribution in [2.75, 3.05) is 13.7 Å². The molecule has 0 aromatic heterocycles. The van der Waals surface area contributed by atoms with Crippen molar-refractivity contribution < 1.29 is 14.3 Å². The van der Waals surface area contributed by atoms with E-state index in [1.165, 1.54) is 4.90 Å². The van der Waals surface area contributed by atoms with Crippen LogP contribution in [0.4, 0.5) is 0 Å². The Labute approximate surface area is 220 Å². The van der Waals surface area contributed by atoms with Crippen LogP contribution >= 0.6 is 34.8 Å². The number of amides is 2. The normalized spacial score (nSPS) is 11.6. The molecule has 0 spiro atoms. The summed E-state index contributed by atoms with van der Waals surface area (Å²) in [5.74, 6) is -0.160. The van der Waals surface area contributed by atoms with Crippen molar-refractivity contribution in [3.05, 3.63) is 98.0 Å². The fourth-order valence-corrected chi connectivity index (χ4v) is 4.42. The van der Waals surface area contributed by atoms with E-state index in [0.29, 0.717) is 32.8 Å². The van der Waals surface area contributed by atoms with Gasteiger partial charge in [-0.05, 0) is 54.8 Å². The van der Waals surface area contributed by atoms with Crippen LogP contribution in [0, 0.1) is 13.8 Å². The zero-order valence-electron chi connectivity index (χ0n) is 19.8. The van der Waals surface area contributed by atoms with E-state index in [9.17, 15) is 9.59 Å². The highest BCUT2D eigenvalue weighted by molar-refractivity contribution is 6.36. The van der Waals surface area contributed by atoms with Crippen LogP contribution in [0.3, 0.4) is 0 Å². The monoisotopic (exact) mass is 532 g/mol. The number of halogens is 3. The fraction of sp³-hybridized carbons (Fsp3) is 0.259. The number of benzene rings is 3. The molecule has 0 fully saturated rings. The van der Waals surface area contributed by atoms with Gasteiger partial charge in [-0.25, -0.2) is 0 Å². The number of likely N-dealkylation sites (N-methyl/N-ethyl adjacent to an activating group) is 1. The molecule has 2 amide bonds. The maximum Gasteiger partial charge on any atom is 0.261 e. The molecule has 35 heavy (non-hydrogen) atoms. The number of aryl methyl sites for hydroxylation is 2. The van der Waals surface area contributed by atoms with Gasteiger partial charge in [-0.1, -0.05) is 71.2 Å². The van der Waals surface area contributed by atoms with E-state index in [0.717, 1.165) is 16.7 Å². The quantitative estimate of drug-likeness (QED) is 0.365. The molecule has 0 aliphatic rings. The van der Waals surface area contributed by atoms with Crippen LogP contribution in [-0.4, -0.2) is 36.4 Å². The van der Waals surface area contributed by atoms with Crippen LogP contribution in [0.1, 0.15) is 22.3 Å². The minimum absolute atomic E-state index is 0.0459. The van der Waals surface area contributed by atoms with Gasteiger partial charge in [-0.2, -0.15) is 0 Å². The molecule has 3 aromatic carbocycles. The molecule has 5 nitrogen and oxygen atoms in total. The number of hydrogen-bond donors (Lipinski definition) is 1. The Morgan fingerprint density at radius 1 is 0.943 bits per heavy atom. The van der Waals surface area contributed by atoms with Gasteiger partial charge in [0.05, 0.1) is 0 Å². The number of carbonyl (C=O) groups is 2. The van der Waals surface area contributed by atoms with Gasteiger partial charge in [0, 0.05) is 40.6 Å². The molecule has 1 N–H and O–H groups in total. The largest absolute Gasteiger partial charge is 0.484 e. The number of hydrogen-bond acceptors (Lipinski definition) is 3. The van der Waals surface area contributed by atoms with Crippen molar-refractivity contribution in [2.45, 2.75) is 32.9 Å². The highest BCUT2D eigenvalue weighted by Crippen LogP contribution is 2.28. The Morgan fingerprint density at radius 2 is 1.54 bits per heavy atom. The average Bonchev–Trinajstić information content (AvgIpc) is 2.84. The van der Waals surface area contributed by atoms with Crippen molar-refractivity contribution >= 4 is 46.6 Å². The highest BCUT2D eigenvalue weighted by Gasteiger charge is 2.31. The standard InChI is InChI=1S/C27H27Cl3N2O3/c1-17-12-20(13-18(2)26(17)30)35-16-25(33)32(15-21-22(28)10-7-11-23(21)29)24(27(34)31-3)14-19-8-5-4-6-9-19/h4-13,24H,14-16H2,1-3H3,(H,31,34). The Balaban J connectivity index is 1.93. The number of ether oxygens (including phenoxy) is 1. The molecule has 0 radical (unpaired) electrons. The molecule has 3 rings (SSSR count). The molecule has 8 heteroatoms. The van der Waals surface area contributed by atoms with E-state index in [-0.39, 0.29) is 25.0 Å². The molecule has 1 atom stereocenters. The van der Waals surface area contributed by atoms with Crippen LogP contribution < -0.4 is 10.1 Å². The second-order valence-corrected chi connectivity index (χ2v) is 9.39. The molecule has 0 bridgehead atoms. The van der Waals surface area contributed by atoms with Crippen molar-refractivity contribution in [2.24, 2.45) is 0 Å². The summed E-state index contributed by atoms with van der Waals surface area (Å²) in [4.78, 5) is 28.0. The Hall–Kier alpha value is -2.73. The Morgan fingerprint density at radius 3 is 2.11 bits per heavy atom. The van der Waals surface area contributed by atoms with E-state index in [4.69, 9.17) is 39.5 Å². The van der Waals surface area contributed by atoms with Gasteiger partial charge >= 0.3 is 0 Å². The van der Waals surface area contributed by atoms with Gasteiger partial charge in [0.15, 0.2) is 6.61 Å². The molecule has 0 aliphatic heterocycles. The summed E-state index contributed by atoms with van der Waals surface area (Å²) < 4.78 is 5.83. The van der Waals surface area contributed by atoms with E-state index >= 15 is 0 Å². The van der Waals surface area contributed by atoms with E-state index in [1.807, 2.05) is 44.2 Å². The van der Waals surface area contributed by atoms with E-state index in [1.54, 1.807) is 37.4 Å². The van der Waals surface area contributed by atoms with Gasteiger partial charge in [-0.3, -0.25) is 9.59 Å². The first kappa shape index (κ1) is 26.9. The number of nitrogens with one attached hydrogen (secondary N) is 1. The van der Waals surface area contributed by atoms with Crippen LogP contribution in [-0.2, 0) is 22.6 Å². The third kappa shape index (κ3) is 6.91. The smallest absolute Gasteiger partial charge is 0.261 e. The minimum atomic E-state index is -0.806. The predicted octanol–water partition coefficient (Wildman–Crippen LogP) is 6.03. The lowest BCUT2D eigenvalue weighted by Crippen LogP contribution is -2.51. The third-order valence-electron chi connectivity index (χ3n) is 5.68. The van der Waals surface area contributed by atoms with E-state index in [2.05, 4.69) is 5.32 Å². The van der Waals surface area contributed by atoms with Crippen molar-refractivity contribution in [1.29, 1.82) is 0 Å². The van der Waals surface area contributed by atoms with Gasteiger partial charge < -0.3 is 15.0 Å². The first-order valence-corrected chi connectivity index (χ1v) is 12.2. The average molecular weight is 534 g/mol. The number of nitrogens with zero attached hydrogens (tertiary/aromatic N) is 1. The van der Waals surface area contributed by atoms with Crippen LogP contribution in [0.25, 0.3) is 0 Å². The zero-order valence-corrected chi connectivity index (χ0v) is 22.0. The molecule has 0 saturated heterocycles. The lowest BCUT2D eigenvalue weighted by molar-refractivity contribution is -0.142. The van der Waals surface area contributed by atoms with Crippen molar-refractivity contribution in [3.63, 3.8) is 0 Å². The summed E-state index contributed by atoms with van der Waals surface area (Å²) in [5.41, 5.74) is 3.17. The molecule has 3 aromatic rings. The minimum Gasteiger partial charge on any atom is -0.484 e. The summed E-state index contributed by atoms with van der Waals surface area (Å²) in [5, 5.41) is 4.16. The molecule has 0 saturated carbocycles. The summed E-state index contributed by atoms with van der Waals surface area (Å²) in [6.45, 7) is 3.52. The zero-order chi connectivity index (χ0) is 25.5. The van der Waals surface area contributed by atoms with Gasteiger partial charge in [0.1, 0.15) is 11.8 Å². The molecule has 0 aliphatic carbocycles. The second kappa shape index (κ2) is 12.3. The van der Waals surface area contributed by atoms with Crippen molar-refractivity contribution in [1.82, 2.24) is 10.2 Å². The second-order valence-electron chi connectivity index (χ2n) is 8.20. The fourth-order valence-electron chi connectivity index (χ4n) is 3.79. The third-order valence-corrected chi connectivity index (χ3v) is 6.98. The highest BCUT2D eigenvalue weighted by atomic mass is 35.5. The molecular weight excluding hydrogens is 507 g/mol. The van der Waals surface area contributed by atoms with E-state index < -0.39 is 6.04 Å². The lowest BCUT2D eigenvalue weighted by atomic mass is 10.0. The molecule has 0 heterocycles.